The summed E-state index contributed by atoms with van der Waals surface area (Å²) in [6.45, 7) is 7.52. The quantitative estimate of drug-likeness (QED) is 0.261. The molecule has 0 spiro atoms. The maximum Gasteiger partial charge on any atom is 0.237 e. The summed E-state index contributed by atoms with van der Waals surface area (Å²) in [5.41, 5.74) is 6.04. The number of anilines is 2. The molecule has 168 valence electrons. The molecule has 6 nitrogen and oxygen atoms in total. The van der Waals surface area contributed by atoms with Crippen LogP contribution >= 0.6 is 23.1 Å². The topological polar surface area (TPSA) is 84.0 Å². The van der Waals surface area contributed by atoms with Gasteiger partial charge in [-0.3, -0.25) is 9.59 Å². The minimum Gasteiger partial charge on any atom is -0.326 e. The molecule has 0 saturated carbocycles. The summed E-state index contributed by atoms with van der Waals surface area (Å²) >= 11 is 3.00. The average Bonchev–Trinajstić information content (AvgIpc) is 3.22. The lowest BCUT2D eigenvalue weighted by atomic mass is 10.0. The first kappa shape index (κ1) is 22.9. The Morgan fingerprint density at radius 1 is 0.970 bits per heavy atom. The number of hydrogen-bond donors (Lipinski definition) is 2. The maximum absolute atomic E-state index is 12.8. The van der Waals surface area contributed by atoms with Crippen molar-refractivity contribution in [3.63, 3.8) is 0 Å². The van der Waals surface area contributed by atoms with E-state index >= 15 is 0 Å². The minimum atomic E-state index is -0.370. The molecule has 0 aliphatic carbocycles. The number of nitrogens with one attached hydrogen (secondary N) is 2. The summed E-state index contributed by atoms with van der Waals surface area (Å²) in [5, 5.41) is 9.15. The van der Waals surface area contributed by atoms with Crippen LogP contribution in [0.5, 0.6) is 0 Å². The first-order chi connectivity index (χ1) is 15.8. The van der Waals surface area contributed by atoms with Crippen LogP contribution in [0.4, 0.5) is 11.4 Å². The van der Waals surface area contributed by atoms with Crippen LogP contribution in [0.1, 0.15) is 25.0 Å². The van der Waals surface area contributed by atoms with Gasteiger partial charge in [-0.15, -0.1) is 11.3 Å². The third-order valence-corrected chi connectivity index (χ3v) is 7.27. The lowest BCUT2D eigenvalue weighted by Gasteiger charge is -2.13. The fourth-order valence-electron chi connectivity index (χ4n) is 3.36. The van der Waals surface area contributed by atoms with Crippen molar-refractivity contribution in [3.8, 4) is 11.1 Å². The third kappa shape index (κ3) is 5.23. The number of amides is 2. The van der Waals surface area contributed by atoms with Crippen molar-refractivity contribution < 1.29 is 9.59 Å². The molecular formula is C25H24N4O2S2. The van der Waals surface area contributed by atoms with E-state index in [1.165, 1.54) is 29.8 Å². The Morgan fingerprint density at radius 3 is 2.33 bits per heavy atom. The van der Waals surface area contributed by atoms with Crippen molar-refractivity contribution >= 4 is 56.5 Å². The number of aryl methyl sites for hydroxylation is 2. The van der Waals surface area contributed by atoms with Crippen LogP contribution in [0.3, 0.4) is 0 Å². The Morgan fingerprint density at radius 2 is 1.67 bits per heavy atom. The van der Waals surface area contributed by atoms with Gasteiger partial charge in [0, 0.05) is 29.2 Å². The number of nitrogens with zero attached hydrogens (tertiary/aromatic N) is 2. The molecule has 0 radical (unpaired) electrons. The predicted molar refractivity (Wildman–Crippen MR) is 137 cm³/mol. The van der Waals surface area contributed by atoms with E-state index in [-0.39, 0.29) is 17.1 Å². The van der Waals surface area contributed by atoms with Gasteiger partial charge in [0.2, 0.25) is 11.8 Å². The van der Waals surface area contributed by atoms with E-state index in [0.717, 1.165) is 26.4 Å². The van der Waals surface area contributed by atoms with E-state index in [2.05, 4.69) is 58.0 Å². The summed E-state index contributed by atoms with van der Waals surface area (Å²) in [5.74, 6) is -0.261. The van der Waals surface area contributed by atoms with Gasteiger partial charge < -0.3 is 10.6 Å². The van der Waals surface area contributed by atoms with Crippen molar-refractivity contribution in [1.82, 2.24) is 9.97 Å². The summed E-state index contributed by atoms with van der Waals surface area (Å²) < 4.78 is 0. The molecule has 4 rings (SSSR count). The number of hydrogen-bond acceptors (Lipinski definition) is 6. The first-order valence-corrected chi connectivity index (χ1v) is 12.2. The molecule has 0 aliphatic heterocycles. The molecule has 0 saturated heterocycles. The lowest BCUT2D eigenvalue weighted by molar-refractivity contribution is -0.115. The summed E-state index contributed by atoms with van der Waals surface area (Å²) in [7, 11) is 0. The van der Waals surface area contributed by atoms with Crippen LogP contribution in [0.15, 0.2) is 59.2 Å². The number of rotatable bonds is 6. The molecule has 2 amide bonds. The zero-order valence-electron chi connectivity index (χ0n) is 18.8. The van der Waals surface area contributed by atoms with E-state index in [1.807, 2.05) is 6.92 Å². The predicted octanol–water partition coefficient (Wildman–Crippen LogP) is 6.05. The molecule has 8 heteroatoms. The van der Waals surface area contributed by atoms with Gasteiger partial charge in [-0.25, -0.2) is 9.97 Å². The molecular weight excluding hydrogens is 452 g/mol. The first-order valence-electron chi connectivity index (χ1n) is 10.5. The molecule has 33 heavy (non-hydrogen) atoms. The number of thioether (sulfide) groups is 1. The number of benzene rings is 2. The van der Waals surface area contributed by atoms with Gasteiger partial charge >= 0.3 is 0 Å². The van der Waals surface area contributed by atoms with Gasteiger partial charge in [-0.1, -0.05) is 30.0 Å². The van der Waals surface area contributed by atoms with E-state index in [9.17, 15) is 9.59 Å². The van der Waals surface area contributed by atoms with Crippen molar-refractivity contribution in [2.45, 2.75) is 38.0 Å². The van der Waals surface area contributed by atoms with Crippen molar-refractivity contribution in [2.24, 2.45) is 0 Å². The van der Waals surface area contributed by atoms with Crippen LogP contribution in [-0.4, -0.2) is 27.0 Å². The Hall–Kier alpha value is -3.23. The van der Waals surface area contributed by atoms with Crippen molar-refractivity contribution in [2.75, 3.05) is 10.6 Å². The number of fused-ring (bicyclic) bond motifs is 1. The van der Waals surface area contributed by atoms with Crippen LogP contribution in [0.2, 0.25) is 0 Å². The fourth-order valence-corrected chi connectivity index (χ4v) is 5.28. The second-order valence-corrected chi connectivity index (χ2v) is 10.0. The fraction of sp³-hybridized carbons (Fsp3) is 0.200. The smallest absolute Gasteiger partial charge is 0.237 e. The van der Waals surface area contributed by atoms with Gasteiger partial charge in [0.1, 0.15) is 16.2 Å². The highest BCUT2D eigenvalue weighted by molar-refractivity contribution is 8.00. The van der Waals surface area contributed by atoms with Gasteiger partial charge in [-0.2, -0.15) is 0 Å². The molecule has 1 unspecified atom stereocenters. The summed E-state index contributed by atoms with van der Waals surface area (Å²) in [6.07, 6.45) is 1.55. The minimum absolute atomic E-state index is 0.123. The Bertz CT molecular complexity index is 1330. The molecule has 2 N–H and O–H groups in total. The zero-order chi connectivity index (χ0) is 23.5. The Balaban J connectivity index is 1.54. The van der Waals surface area contributed by atoms with Gasteiger partial charge in [-0.05, 0) is 61.7 Å². The van der Waals surface area contributed by atoms with Crippen LogP contribution < -0.4 is 10.6 Å². The maximum atomic E-state index is 12.8. The van der Waals surface area contributed by atoms with Gasteiger partial charge in [0.25, 0.3) is 0 Å². The number of thiophene rings is 1. The van der Waals surface area contributed by atoms with Crippen LogP contribution in [0, 0.1) is 13.8 Å². The lowest BCUT2D eigenvalue weighted by Crippen LogP contribution is -2.22. The molecule has 2 aromatic carbocycles. The van der Waals surface area contributed by atoms with Crippen molar-refractivity contribution in [1.29, 1.82) is 0 Å². The molecule has 2 heterocycles. The largest absolute Gasteiger partial charge is 0.326 e. The molecule has 0 aliphatic rings. The standard InChI is InChI=1S/C25H24N4O2S2/c1-14-5-6-18(11-15(14)2)21-12-32-24-22(21)25(27-13-26-24)33-16(3)23(31)29-20-9-7-19(8-10-20)28-17(4)30/h5-13,16H,1-4H3,(H,28,30)(H,29,31). The molecule has 4 aromatic rings. The van der Waals surface area contributed by atoms with Crippen LogP contribution in [-0.2, 0) is 9.59 Å². The summed E-state index contributed by atoms with van der Waals surface area (Å²) in [4.78, 5) is 33.9. The molecule has 0 bridgehead atoms. The molecule has 1 atom stereocenters. The number of aromatic nitrogens is 2. The van der Waals surface area contributed by atoms with Gasteiger partial charge in [0.05, 0.1) is 10.6 Å². The third-order valence-electron chi connectivity index (χ3n) is 5.28. The van der Waals surface area contributed by atoms with Crippen LogP contribution in [0.25, 0.3) is 21.3 Å². The molecule has 2 aromatic heterocycles. The zero-order valence-corrected chi connectivity index (χ0v) is 20.4. The number of carbonyl (C=O) groups is 2. The normalized spacial score (nSPS) is 11.9. The second kappa shape index (κ2) is 9.72. The highest BCUT2D eigenvalue weighted by Crippen LogP contribution is 2.39. The van der Waals surface area contributed by atoms with Gasteiger partial charge in [0.15, 0.2) is 0 Å². The Labute approximate surface area is 200 Å². The van der Waals surface area contributed by atoms with E-state index in [1.54, 1.807) is 41.9 Å². The van der Waals surface area contributed by atoms with E-state index < -0.39 is 0 Å². The monoisotopic (exact) mass is 476 g/mol. The summed E-state index contributed by atoms with van der Waals surface area (Å²) in [6, 6.07) is 13.5. The highest BCUT2D eigenvalue weighted by Gasteiger charge is 2.20. The van der Waals surface area contributed by atoms with E-state index in [4.69, 9.17) is 0 Å². The highest BCUT2D eigenvalue weighted by atomic mass is 32.2. The Kier molecular flexibility index (Phi) is 6.76. The van der Waals surface area contributed by atoms with E-state index in [0.29, 0.717) is 11.4 Å². The number of carbonyl (C=O) groups excluding carboxylic acids is 2. The van der Waals surface area contributed by atoms with Crippen molar-refractivity contribution in [3.05, 3.63) is 65.3 Å². The average molecular weight is 477 g/mol. The SMILES string of the molecule is CC(=O)Nc1ccc(NC(=O)C(C)Sc2ncnc3scc(-c4ccc(C)c(C)c4)c23)cc1. The molecule has 0 fully saturated rings. The second-order valence-electron chi connectivity index (χ2n) is 7.82.